The molecular weight excluding hydrogens is 214 g/mol. The number of aromatic nitrogens is 1. The van der Waals surface area contributed by atoms with Crippen molar-refractivity contribution in [1.82, 2.24) is 15.6 Å². The van der Waals surface area contributed by atoms with E-state index in [4.69, 9.17) is 0 Å². The maximum Gasteiger partial charge on any atom is 0.236 e. The van der Waals surface area contributed by atoms with Gasteiger partial charge in [-0.05, 0) is 25.5 Å². The van der Waals surface area contributed by atoms with Crippen LogP contribution in [0.1, 0.15) is 32.4 Å². The van der Waals surface area contributed by atoms with E-state index in [9.17, 15) is 4.79 Å². The van der Waals surface area contributed by atoms with Gasteiger partial charge in [-0.2, -0.15) is 0 Å². The molecule has 1 atom stereocenters. The van der Waals surface area contributed by atoms with E-state index < -0.39 is 0 Å². The number of pyridine rings is 1. The van der Waals surface area contributed by atoms with Gasteiger partial charge in [-0.15, -0.1) is 0 Å². The Hall–Kier alpha value is -1.42. The van der Waals surface area contributed by atoms with Crippen LogP contribution in [0.2, 0.25) is 0 Å². The number of rotatable bonds is 7. The number of carbonyl (C=O) groups is 1. The van der Waals surface area contributed by atoms with Crippen molar-refractivity contribution in [3.05, 3.63) is 30.1 Å². The number of amides is 1. The Morgan fingerprint density at radius 2 is 2.29 bits per heavy atom. The predicted molar refractivity (Wildman–Crippen MR) is 68.5 cm³/mol. The van der Waals surface area contributed by atoms with Gasteiger partial charge in [-0.3, -0.25) is 9.78 Å². The first-order valence-electron chi connectivity index (χ1n) is 6.15. The van der Waals surface area contributed by atoms with Crippen LogP contribution in [0.15, 0.2) is 24.4 Å². The van der Waals surface area contributed by atoms with Gasteiger partial charge in [-0.25, -0.2) is 0 Å². The van der Waals surface area contributed by atoms with Crippen molar-refractivity contribution in [3.63, 3.8) is 0 Å². The van der Waals surface area contributed by atoms with Crippen molar-refractivity contribution >= 4 is 5.91 Å². The van der Waals surface area contributed by atoms with E-state index in [1.54, 1.807) is 6.20 Å². The van der Waals surface area contributed by atoms with Crippen LogP contribution in [0.3, 0.4) is 0 Å². The summed E-state index contributed by atoms with van der Waals surface area (Å²) in [6.07, 6.45) is 3.87. The van der Waals surface area contributed by atoms with Crippen LogP contribution in [0.4, 0.5) is 0 Å². The average molecular weight is 235 g/mol. The maximum atomic E-state index is 11.6. The normalized spacial score (nSPS) is 12.1. The molecule has 0 radical (unpaired) electrons. The highest BCUT2D eigenvalue weighted by Crippen LogP contribution is 1.94. The third-order valence-corrected chi connectivity index (χ3v) is 2.54. The molecule has 4 nitrogen and oxygen atoms in total. The summed E-state index contributed by atoms with van der Waals surface area (Å²) < 4.78 is 0. The number of hydrogen-bond acceptors (Lipinski definition) is 3. The molecular formula is C13H21N3O. The summed E-state index contributed by atoms with van der Waals surface area (Å²) in [5.41, 5.74) is 0.945. The fourth-order valence-corrected chi connectivity index (χ4v) is 1.39. The Morgan fingerprint density at radius 1 is 1.47 bits per heavy atom. The predicted octanol–water partition coefficient (Wildman–Crippen LogP) is 1.48. The first-order chi connectivity index (χ1) is 8.24. The minimum Gasteiger partial charge on any atom is -0.355 e. The molecule has 1 unspecified atom stereocenters. The largest absolute Gasteiger partial charge is 0.355 e. The lowest BCUT2D eigenvalue weighted by Gasteiger charge is -2.13. The van der Waals surface area contributed by atoms with E-state index in [-0.39, 0.29) is 11.9 Å². The van der Waals surface area contributed by atoms with Gasteiger partial charge in [0.2, 0.25) is 5.91 Å². The molecule has 1 amide bonds. The summed E-state index contributed by atoms with van der Waals surface area (Å²) in [4.78, 5) is 15.8. The van der Waals surface area contributed by atoms with Crippen molar-refractivity contribution in [2.45, 2.75) is 39.3 Å². The highest BCUT2D eigenvalue weighted by Gasteiger charge is 2.10. The molecule has 0 bridgehead atoms. The molecule has 1 aromatic heterocycles. The number of hydrogen-bond donors (Lipinski definition) is 2. The molecule has 0 aliphatic rings. The summed E-state index contributed by atoms with van der Waals surface area (Å²) in [6.45, 7) is 5.34. The lowest BCUT2D eigenvalue weighted by Crippen LogP contribution is -2.42. The fraction of sp³-hybridized carbons (Fsp3) is 0.538. The second-order valence-corrected chi connectivity index (χ2v) is 4.07. The Labute approximate surface area is 103 Å². The smallest absolute Gasteiger partial charge is 0.236 e. The standard InChI is InChI=1S/C13H21N3O/c1-3-4-8-15-13(17)11(2)16-10-12-7-5-6-9-14-12/h5-7,9,11,16H,3-4,8,10H2,1-2H3,(H,15,17). The molecule has 0 aliphatic heterocycles. The van der Waals surface area contributed by atoms with Gasteiger partial charge < -0.3 is 10.6 Å². The maximum absolute atomic E-state index is 11.6. The van der Waals surface area contributed by atoms with Crippen molar-refractivity contribution in [2.75, 3.05) is 6.54 Å². The minimum absolute atomic E-state index is 0.0504. The Bertz CT molecular complexity index is 327. The number of nitrogens with zero attached hydrogens (tertiary/aromatic N) is 1. The Morgan fingerprint density at radius 3 is 2.94 bits per heavy atom. The molecule has 0 aromatic carbocycles. The summed E-state index contributed by atoms with van der Waals surface area (Å²) in [6, 6.07) is 5.57. The molecule has 4 heteroatoms. The second-order valence-electron chi connectivity index (χ2n) is 4.07. The topological polar surface area (TPSA) is 54.0 Å². The highest BCUT2D eigenvalue weighted by molar-refractivity contribution is 5.81. The zero-order chi connectivity index (χ0) is 12.5. The summed E-state index contributed by atoms with van der Waals surface area (Å²) in [5, 5.41) is 6.05. The molecule has 0 saturated carbocycles. The van der Waals surface area contributed by atoms with Gasteiger partial charge in [0.15, 0.2) is 0 Å². The number of unbranched alkanes of at least 4 members (excludes halogenated alkanes) is 1. The van der Waals surface area contributed by atoms with Gasteiger partial charge >= 0.3 is 0 Å². The van der Waals surface area contributed by atoms with Crippen LogP contribution in [0, 0.1) is 0 Å². The molecule has 1 heterocycles. The minimum atomic E-state index is -0.186. The van der Waals surface area contributed by atoms with E-state index >= 15 is 0 Å². The van der Waals surface area contributed by atoms with Crippen LogP contribution in [-0.2, 0) is 11.3 Å². The van der Waals surface area contributed by atoms with Gasteiger partial charge in [0, 0.05) is 19.3 Å². The van der Waals surface area contributed by atoms with Gasteiger partial charge in [0.25, 0.3) is 0 Å². The van der Waals surface area contributed by atoms with E-state index in [2.05, 4.69) is 22.5 Å². The number of nitrogens with one attached hydrogen (secondary N) is 2. The lowest BCUT2D eigenvalue weighted by atomic mass is 10.2. The Balaban J connectivity index is 2.24. The summed E-state index contributed by atoms with van der Waals surface area (Å²) in [7, 11) is 0. The van der Waals surface area contributed by atoms with E-state index in [1.807, 2.05) is 25.1 Å². The SMILES string of the molecule is CCCCNC(=O)C(C)NCc1ccccn1. The van der Waals surface area contributed by atoms with Crippen molar-refractivity contribution < 1.29 is 4.79 Å². The molecule has 0 aliphatic carbocycles. The van der Waals surface area contributed by atoms with E-state index in [0.717, 1.165) is 25.1 Å². The van der Waals surface area contributed by atoms with Crippen molar-refractivity contribution in [3.8, 4) is 0 Å². The van der Waals surface area contributed by atoms with Crippen LogP contribution in [0.25, 0.3) is 0 Å². The molecule has 0 spiro atoms. The van der Waals surface area contributed by atoms with Gasteiger partial charge in [-0.1, -0.05) is 19.4 Å². The first-order valence-corrected chi connectivity index (χ1v) is 6.15. The van der Waals surface area contributed by atoms with Crippen molar-refractivity contribution in [1.29, 1.82) is 0 Å². The van der Waals surface area contributed by atoms with E-state index in [0.29, 0.717) is 6.54 Å². The van der Waals surface area contributed by atoms with Crippen LogP contribution >= 0.6 is 0 Å². The zero-order valence-corrected chi connectivity index (χ0v) is 10.6. The average Bonchev–Trinajstić information content (AvgIpc) is 2.37. The molecule has 0 fully saturated rings. The molecule has 1 aromatic rings. The fourth-order valence-electron chi connectivity index (χ4n) is 1.39. The molecule has 17 heavy (non-hydrogen) atoms. The zero-order valence-electron chi connectivity index (χ0n) is 10.6. The molecule has 94 valence electrons. The van der Waals surface area contributed by atoms with Gasteiger partial charge in [0.05, 0.1) is 11.7 Å². The summed E-state index contributed by atoms with van der Waals surface area (Å²) >= 11 is 0. The first kappa shape index (κ1) is 13.6. The third kappa shape index (κ3) is 5.45. The van der Waals surface area contributed by atoms with Crippen LogP contribution < -0.4 is 10.6 Å². The monoisotopic (exact) mass is 235 g/mol. The lowest BCUT2D eigenvalue weighted by molar-refractivity contribution is -0.122. The van der Waals surface area contributed by atoms with Crippen LogP contribution in [0.5, 0.6) is 0 Å². The van der Waals surface area contributed by atoms with Crippen LogP contribution in [-0.4, -0.2) is 23.5 Å². The quantitative estimate of drug-likeness (QED) is 0.704. The van der Waals surface area contributed by atoms with Crippen molar-refractivity contribution in [2.24, 2.45) is 0 Å². The molecule has 2 N–H and O–H groups in total. The molecule has 1 rings (SSSR count). The third-order valence-electron chi connectivity index (χ3n) is 2.54. The second kappa shape index (κ2) is 7.79. The Kier molecular flexibility index (Phi) is 6.25. The van der Waals surface area contributed by atoms with Gasteiger partial charge in [0.1, 0.15) is 0 Å². The number of carbonyl (C=O) groups excluding carboxylic acids is 1. The highest BCUT2D eigenvalue weighted by atomic mass is 16.2. The summed E-state index contributed by atoms with van der Waals surface area (Å²) in [5.74, 6) is 0.0504. The van der Waals surface area contributed by atoms with E-state index in [1.165, 1.54) is 0 Å². The molecule has 0 saturated heterocycles.